The second-order valence-corrected chi connectivity index (χ2v) is 11.3. The summed E-state index contributed by atoms with van der Waals surface area (Å²) in [6.45, 7) is -0.0636. The van der Waals surface area contributed by atoms with E-state index >= 15 is 0 Å². The lowest BCUT2D eigenvalue weighted by Crippen LogP contribution is -2.62. The molecular weight excluding hydrogens is 568 g/mol. The molecule has 2 heterocycles. The Hall–Kier alpha value is -1.23. The molecule has 2 saturated heterocycles. The predicted molar refractivity (Wildman–Crippen MR) is 156 cm³/mol. The maximum Gasteiger partial charge on any atom is 0.303 e. The van der Waals surface area contributed by atoms with Crippen LogP contribution in [0.15, 0.2) is 12.2 Å². The Labute approximate surface area is 254 Å². The van der Waals surface area contributed by atoms with Crippen molar-refractivity contribution in [2.24, 2.45) is 0 Å². The fraction of sp³-hybridized carbons (Fsp3) is 0.900. The van der Waals surface area contributed by atoms with E-state index in [2.05, 4.69) is 19.1 Å². The molecule has 13 nitrogen and oxygen atoms in total. The minimum Gasteiger partial charge on any atom is -0.481 e. The molecule has 0 spiro atoms. The Bertz CT molecular complexity index is 752. The summed E-state index contributed by atoms with van der Waals surface area (Å²) < 4.78 is 15.4. The molecule has 2 aliphatic heterocycles. The number of carbonyl (C=O) groups is 1. The number of aliphatic carboxylic acids is 1. The van der Waals surface area contributed by atoms with Crippen molar-refractivity contribution in [2.75, 3.05) is 19.8 Å². The number of allylic oxidation sites excluding steroid dienone is 2. The van der Waals surface area contributed by atoms with Crippen LogP contribution in [0, 0.1) is 0 Å². The molecule has 0 aromatic heterocycles. The molecule has 9 N–H and O–H groups in total. The highest BCUT2D eigenvalue weighted by atomic mass is 16.8. The number of aliphatic hydroxyl groups excluding tert-OH is 8. The zero-order chi connectivity index (χ0) is 32.3. The maximum atomic E-state index is 10.3. The lowest BCUT2D eigenvalue weighted by molar-refractivity contribution is -0.383. The Morgan fingerprint density at radius 1 is 0.721 bits per heavy atom. The Balaban J connectivity index is 0.000000436. The minimum atomic E-state index is -2.22. The van der Waals surface area contributed by atoms with Gasteiger partial charge in [0.1, 0.15) is 49.3 Å². The molecule has 2 fully saturated rings. The van der Waals surface area contributed by atoms with Crippen molar-refractivity contribution < 1.29 is 65.0 Å². The molecule has 0 saturated carbocycles. The Morgan fingerprint density at radius 3 is 1.74 bits per heavy atom. The fourth-order valence-electron chi connectivity index (χ4n) is 4.98. The predicted octanol–water partition coefficient (Wildman–Crippen LogP) is 0.713. The van der Waals surface area contributed by atoms with Crippen LogP contribution < -0.4 is 0 Å². The molecule has 2 rings (SSSR count). The van der Waals surface area contributed by atoms with Crippen LogP contribution in [0.2, 0.25) is 0 Å². The van der Waals surface area contributed by atoms with E-state index in [1.54, 1.807) is 0 Å². The van der Waals surface area contributed by atoms with Gasteiger partial charge in [0.25, 0.3) is 0 Å². The molecule has 254 valence electrons. The first-order valence-electron chi connectivity index (χ1n) is 15.7. The van der Waals surface area contributed by atoms with Crippen molar-refractivity contribution in [1.82, 2.24) is 0 Å². The summed E-state index contributed by atoms with van der Waals surface area (Å²) in [5, 5.41) is 85.2. The molecule has 0 bridgehead atoms. The number of unbranched alkanes of at least 4 members (excludes halogenated alkanes) is 11. The number of hydrogen-bond donors (Lipinski definition) is 9. The molecule has 0 radical (unpaired) electrons. The van der Waals surface area contributed by atoms with Crippen molar-refractivity contribution in [1.29, 1.82) is 0 Å². The van der Waals surface area contributed by atoms with Crippen molar-refractivity contribution >= 4 is 5.97 Å². The quantitative estimate of drug-likeness (QED) is 0.0673. The van der Waals surface area contributed by atoms with Crippen LogP contribution in [-0.4, -0.2) is 127 Å². The van der Waals surface area contributed by atoms with Crippen LogP contribution in [0.25, 0.3) is 0 Å². The van der Waals surface area contributed by atoms with Gasteiger partial charge in [0.2, 0.25) is 5.79 Å². The Morgan fingerprint density at radius 2 is 1.26 bits per heavy atom. The largest absolute Gasteiger partial charge is 0.481 e. The summed E-state index contributed by atoms with van der Waals surface area (Å²) in [4.78, 5) is 10.3. The standard InChI is InChI=1S/C18H34O2.C12H22O11/c1-2-3-4-5-6-7-8-9-10-11-12-13-14-15-16-17-18(19)20;13-1-4-6(16)8(18)9(19)11(21-4)23-12(3-15)10(20)7(17)5(2-14)22-12/h9-10H,2-8,11-17H2,1H3,(H,19,20);4-11,13-20H,1-3H2/b10-9-;/t;4-,5-,6-,7-,8+,9-,10+,11-,12-/m.1/s1. The van der Waals surface area contributed by atoms with Gasteiger partial charge in [-0.2, -0.15) is 0 Å². The highest BCUT2D eigenvalue weighted by molar-refractivity contribution is 5.66. The first-order chi connectivity index (χ1) is 20.6. The summed E-state index contributed by atoms with van der Waals surface area (Å²) in [6.07, 6.45) is 8.59. The van der Waals surface area contributed by atoms with Crippen molar-refractivity contribution in [3.63, 3.8) is 0 Å². The summed E-state index contributed by atoms with van der Waals surface area (Å²) >= 11 is 0. The Kier molecular flexibility index (Phi) is 20.6. The van der Waals surface area contributed by atoms with E-state index in [9.17, 15) is 35.4 Å². The van der Waals surface area contributed by atoms with E-state index < -0.39 is 80.6 Å². The van der Waals surface area contributed by atoms with Gasteiger partial charge in [-0.05, 0) is 32.1 Å². The monoisotopic (exact) mass is 624 g/mol. The normalized spacial score (nSPS) is 32.6. The zero-order valence-electron chi connectivity index (χ0n) is 25.5. The first-order valence-corrected chi connectivity index (χ1v) is 15.7. The van der Waals surface area contributed by atoms with Crippen LogP contribution in [0.5, 0.6) is 0 Å². The first kappa shape index (κ1) is 39.8. The molecule has 9 atom stereocenters. The highest BCUT2D eigenvalue weighted by Gasteiger charge is 2.58. The topological polar surface area (TPSA) is 227 Å². The van der Waals surface area contributed by atoms with Gasteiger partial charge < -0.3 is 60.2 Å². The summed E-state index contributed by atoms with van der Waals surface area (Å²) in [5.41, 5.74) is 0. The van der Waals surface area contributed by atoms with Crippen molar-refractivity contribution in [3.05, 3.63) is 12.2 Å². The van der Waals surface area contributed by atoms with Gasteiger partial charge >= 0.3 is 5.97 Å². The van der Waals surface area contributed by atoms with E-state index in [-0.39, 0.29) is 0 Å². The summed E-state index contributed by atoms with van der Waals surface area (Å²) in [7, 11) is 0. The van der Waals surface area contributed by atoms with E-state index in [0.29, 0.717) is 6.42 Å². The van der Waals surface area contributed by atoms with E-state index in [1.807, 2.05) is 0 Å². The lowest BCUT2D eigenvalue weighted by Gasteiger charge is -2.43. The minimum absolute atomic E-state index is 0.332. The van der Waals surface area contributed by atoms with Gasteiger partial charge in [-0.3, -0.25) is 4.79 Å². The molecule has 2 aliphatic rings. The van der Waals surface area contributed by atoms with Gasteiger partial charge in [0.05, 0.1) is 13.2 Å². The van der Waals surface area contributed by atoms with Gasteiger partial charge in [0.15, 0.2) is 6.29 Å². The van der Waals surface area contributed by atoms with Gasteiger partial charge in [-0.25, -0.2) is 0 Å². The smallest absolute Gasteiger partial charge is 0.303 e. The molecule has 0 unspecified atom stereocenters. The molecular formula is C30H56O13. The lowest BCUT2D eigenvalue weighted by atomic mass is 9.99. The number of ether oxygens (including phenoxy) is 3. The molecule has 43 heavy (non-hydrogen) atoms. The summed E-state index contributed by atoms with van der Waals surface area (Å²) in [6, 6.07) is 0. The van der Waals surface area contributed by atoms with Crippen LogP contribution in [0.4, 0.5) is 0 Å². The highest BCUT2D eigenvalue weighted by Crippen LogP contribution is 2.35. The summed E-state index contributed by atoms with van der Waals surface area (Å²) in [5.74, 6) is -2.89. The van der Waals surface area contributed by atoms with Crippen molar-refractivity contribution in [3.8, 4) is 0 Å². The third kappa shape index (κ3) is 13.7. The molecule has 0 aliphatic carbocycles. The molecule has 13 heteroatoms. The van der Waals surface area contributed by atoms with Crippen LogP contribution in [0.3, 0.4) is 0 Å². The number of rotatable bonds is 20. The van der Waals surface area contributed by atoms with Crippen LogP contribution in [-0.2, 0) is 19.0 Å². The van der Waals surface area contributed by atoms with E-state index in [1.165, 1.54) is 70.6 Å². The third-order valence-electron chi connectivity index (χ3n) is 7.72. The van der Waals surface area contributed by atoms with Gasteiger partial charge in [-0.1, -0.05) is 70.4 Å². The SMILES string of the molecule is CCCCCCCC/C=C\CCCCCCCC(=O)O.OC[C@H]1O[C@](CO)(O[C@H]2O[C@H](CO)[C@@H](O)[C@H](O)[C@H]2O)[C@@H](O)[C@@H]1O. The van der Waals surface area contributed by atoms with Gasteiger partial charge in [-0.15, -0.1) is 0 Å². The van der Waals surface area contributed by atoms with Crippen LogP contribution >= 0.6 is 0 Å². The van der Waals surface area contributed by atoms with E-state index in [4.69, 9.17) is 29.5 Å². The number of carboxylic acid groups (broad SMARTS) is 1. The average molecular weight is 625 g/mol. The third-order valence-corrected chi connectivity index (χ3v) is 7.72. The second kappa shape index (κ2) is 22.3. The van der Waals surface area contributed by atoms with Gasteiger partial charge in [0, 0.05) is 6.42 Å². The average Bonchev–Trinajstić information content (AvgIpc) is 3.24. The van der Waals surface area contributed by atoms with E-state index in [0.717, 1.165) is 12.8 Å². The molecule has 0 amide bonds. The number of carboxylic acids is 1. The second-order valence-electron chi connectivity index (χ2n) is 11.3. The number of aliphatic hydroxyl groups is 8. The fourth-order valence-corrected chi connectivity index (χ4v) is 4.98. The van der Waals surface area contributed by atoms with Crippen LogP contribution in [0.1, 0.15) is 96.8 Å². The zero-order valence-corrected chi connectivity index (χ0v) is 25.5. The maximum absolute atomic E-state index is 10.3. The van der Waals surface area contributed by atoms with Crippen molar-refractivity contribution in [2.45, 2.75) is 152 Å². The molecule has 0 aromatic rings. The number of hydrogen-bond acceptors (Lipinski definition) is 12. The molecule has 0 aromatic carbocycles.